The van der Waals surface area contributed by atoms with E-state index in [1.54, 1.807) is 0 Å². The summed E-state index contributed by atoms with van der Waals surface area (Å²) in [5.74, 6) is 0. The Labute approximate surface area is 122 Å². The van der Waals surface area contributed by atoms with Gasteiger partial charge in [0, 0.05) is 38.4 Å². The van der Waals surface area contributed by atoms with Gasteiger partial charge in [-0.1, -0.05) is 24.3 Å². The van der Waals surface area contributed by atoms with Gasteiger partial charge in [-0.25, -0.2) is 0 Å². The van der Waals surface area contributed by atoms with Crippen LogP contribution in [0, 0.1) is 6.92 Å². The van der Waals surface area contributed by atoms with Crippen LogP contribution in [0.3, 0.4) is 0 Å². The van der Waals surface area contributed by atoms with E-state index >= 15 is 0 Å². The molecule has 20 heavy (non-hydrogen) atoms. The Morgan fingerprint density at radius 3 is 2.60 bits per heavy atom. The minimum absolute atomic E-state index is 0.224. The van der Waals surface area contributed by atoms with Crippen molar-refractivity contribution in [3.05, 3.63) is 42.5 Å². The molecule has 110 valence electrons. The Morgan fingerprint density at radius 2 is 1.95 bits per heavy atom. The quantitative estimate of drug-likeness (QED) is 0.807. The summed E-state index contributed by atoms with van der Waals surface area (Å²) in [7, 11) is 0. The summed E-state index contributed by atoms with van der Waals surface area (Å²) >= 11 is 0. The number of allylic oxidation sites excluding steroid dienone is 1. The van der Waals surface area contributed by atoms with Crippen molar-refractivity contribution in [1.29, 1.82) is 0 Å². The van der Waals surface area contributed by atoms with Crippen molar-refractivity contribution in [1.82, 2.24) is 4.90 Å². The van der Waals surface area contributed by atoms with Gasteiger partial charge >= 0.3 is 0 Å². The molecule has 2 rings (SSSR count). The standard InChI is InChI=1S/C17H26N2O/c1-3-4-8-16(20)14-18-10-12-19(13-11-18)17-9-6-5-7-15(17)2/h3,5-7,9,16,20H,1,4,8,10-14H2,2H3. The molecule has 0 aliphatic carbocycles. The molecule has 1 N–H and O–H groups in total. The molecule has 1 aliphatic rings. The summed E-state index contributed by atoms with van der Waals surface area (Å²) in [4.78, 5) is 4.81. The zero-order valence-electron chi connectivity index (χ0n) is 12.5. The normalized spacial score (nSPS) is 18.0. The van der Waals surface area contributed by atoms with Crippen molar-refractivity contribution in [2.45, 2.75) is 25.9 Å². The highest BCUT2D eigenvalue weighted by atomic mass is 16.3. The zero-order chi connectivity index (χ0) is 14.4. The Balaban J connectivity index is 1.80. The first kappa shape index (κ1) is 15.1. The van der Waals surface area contributed by atoms with Crippen LogP contribution in [0.1, 0.15) is 18.4 Å². The van der Waals surface area contributed by atoms with Crippen LogP contribution in [0.15, 0.2) is 36.9 Å². The number of aliphatic hydroxyl groups is 1. The molecule has 1 atom stereocenters. The fourth-order valence-electron chi connectivity index (χ4n) is 2.79. The smallest absolute Gasteiger partial charge is 0.0670 e. The second-order valence-corrected chi connectivity index (χ2v) is 5.59. The van der Waals surface area contributed by atoms with E-state index in [0.717, 1.165) is 45.6 Å². The van der Waals surface area contributed by atoms with E-state index in [-0.39, 0.29) is 6.10 Å². The molecule has 1 saturated heterocycles. The van der Waals surface area contributed by atoms with Gasteiger partial charge < -0.3 is 10.0 Å². The van der Waals surface area contributed by atoms with Crippen LogP contribution in [0.4, 0.5) is 5.69 Å². The number of piperazine rings is 1. The molecule has 1 fully saturated rings. The molecule has 0 aromatic heterocycles. The average Bonchev–Trinajstić information content (AvgIpc) is 2.47. The summed E-state index contributed by atoms with van der Waals surface area (Å²) < 4.78 is 0. The van der Waals surface area contributed by atoms with E-state index in [0.29, 0.717) is 0 Å². The molecule has 1 aromatic carbocycles. The lowest BCUT2D eigenvalue weighted by Gasteiger charge is -2.37. The summed E-state index contributed by atoms with van der Waals surface area (Å²) in [5.41, 5.74) is 2.69. The van der Waals surface area contributed by atoms with Crippen molar-refractivity contribution >= 4 is 5.69 Å². The van der Waals surface area contributed by atoms with E-state index in [1.807, 2.05) is 6.08 Å². The molecule has 0 radical (unpaired) electrons. The van der Waals surface area contributed by atoms with Crippen molar-refractivity contribution in [2.24, 2.45) is 0 Å². The van der Waals surface area contributed by atoms with Gasteiger partial charge in [0.1, 0.15) is 0 Å². The number of aryl methyl sites for hydroxylation is 1. The van der Waals surface area contributed by atoms with Crippen molar-refractivity contribution in [2.75, 3.05) is 37.6 Å². The topological polar surface area (TPSA) is 26.7 Å². The molecular weight excluding hydrogens is 248 g/mol. The number of para-hydroxylation sites is 1. The van der Waals surface area contributed by atoms with Crippen LogP contribution in [0.25, 0.3) is 0 Å². The highest BCUT2D eigenvalue weighted by Gasteiger charge is 2.19. The molecular formula is C17H26N2O. The van der Waals surface area contributed by atoms with Gasteiger partial charge in [0.15, 0.2) is 0 Å². The van der Waals surface area contributed by atoms with Gasteiger partial charge in [0.25, 0.3) is 0 Å². The molecule has 0 amide bonds. The third-order valence-corrected chi connectivity index (χ3v) is 4.00. The molecule has 0 spiro atoms. The molecule has 3 nitrogen and oxygen atoms in total. The van der Waals surface area contributed by atoms with E-state index < -0.39 is 0 Å². The Morgan fingerprint density at radius 1 is 1.25 bits per heavy atom. The molecule has 1 aromatic rings. The monoisotopic (exact) mass is 274 g/mol. The van der Waals surface area contributed by atoms with Crippen LogP contribution < -0.4 is 4.90 Å². The minimum Gasteiger partial charge on any atom is -0.392 e. The molecule has 0 saturated carbocycles. The second-order valence-electron chi connectivity index (χ2n) is 5.59. The van der Waals surface area contributed by atoms with E-state index in [9.17, 15) is 5.11 Å². The van der Waals surface area contributed by atoms with E-state index in [2.05, 4.69) is 47.6 Å². The molecule has 1 unspecified atom stereocenters. The van der Waals surface area contributed by atoms with Crippen LogP contribution in [-0.4, -0.2) is 48.8 Å². The maximum absolute atomic E-state index is 9.96. The van der Waals surface area contributed by atoms with Gasteiger partial charge in [-0.2, -0.15) is 0 Å². The summed E-state index contributed by atoms with van der Waals surface area (Å²) in [5, 5.41) is 9.96. The second kappa shape index (κ2) is 7.46. The van der Waals surface area contributed by atoms with Gasteiger partial charge in [0.2, 0.25) is 0 Å². The van der Waals surface area contributed by atoms with Gasteiger partial charge in [0.05, 0.1) is 6.10 Å². The highest BCUT2D eigenvalue weighted by molar-refractivity contribution is 5.53. The third kappa shape index (κ3) is 4.09. The fourth-order valence-corrected chi connectivity index (χ4v) is 2.79. The fraction of sp³-hybridized carbons (Fsp3) is 0.529. The lowest BCUT2D eigenvalue weighted by molar-refractivity contribution is 0.103. The first-order chi connectivity index (χ1) is 9.70. The number of benzene rings is 1. The average molecular weight is 274 g/mol. The third-order valence-electron chi connectivity index (χ3n) is 4.00. The summed E-state index contributed by atoms with van der Waals surface area (Å²) in [6, 6.07) is 8.56. The number of nitrogens with zero attached hydrogens (tertiary/aromatic N) is 2. The predicted molar refractivity (Wildman–Crippen MR) is 85.3 cm³/mol. The first-order valence-corrected chi connectivity index (χ1v) is 7.52. The van der Waals surface area contributed by atoms with Crippen LogP contribution in [0.2, 0.25) is 0 Å². The van der Waals surface area contributed by atoms with Gasteiger partial charge in [-0.15, -0.1) is 6.58 Å². The van der Waals surface area contributed by atoms with E-state index in [4.69, 9.17) is 0 Å². The lowest BCUT2D eigenvalue weighted by Crippen LogP contribution is -2.48. The molecule has 0 bridgehead atoms. The Hall–Kier alpha value is -1.32. The van der Waals surface area contributed by atoms with E-state index in [1.165, 1.54) is 11.3 Å². The summed E-state index contributed by atoms with van der Waals surface area (Å²) in [6.45, 7) is 10.8. The number of aliphatic hydroxyl groups excluding tert-OH is 1. The Bertz CT molecular complexity index is 425. The Kier molecular flexibility index (Phi) is 5.62. The number of rotatable bonds is 6. The number of β-amino-alcohol motifs (C(OH)–C–C–N with tert-alkyl or cyclic N) is 1. The molecule has 1 aliphatic heterocycles. The van der Waals surface area contributed by atoms with Crippen molar-refractivity contribution in [3.8, 4) is 0 Å². The van der Waals surface area contributed by atoms with Crippen LogP contribution >= 0.6 is 0 Å². The highest BCUT2D eigenvalue weighted by Crippen LogP contribution is 2.20. The van der Waals surface area contributed by atoms with Crippen molar-refractivity contribution < 1.29 is 5.11 Å². The largest absolute Gasteiger partial charge is 0.392 e. The van der Waals surface area contributed by atoms with Crippen LogP contribution in [-0.2, 0) is 0 Å². The van der Waals surface area contributed by atoms with Gasteiger partial charge in [-0.05, 0) is 31.4 Å². The number of anilines is 1. The number of hydrogen-bond acceptors (Lipinski definition) is 3. The SMILES string of the molecule is C=CCCC(O)CN1CCN(c2ccccc2C)CC1. The molecule has 1 heterocycles. The van der Waals surface area contributed by atoms with Gasteiger partial charge in [-0.3, -0.25) is 4.90 Å². The van der Waals surface area contributed by atoms with Crippen LogP contribution in [0.5, 0.6) is 0 Å². The number of hydrogen-bond donors (Lipinski definition) is 1. The maximum atomic E-state index is 9.96. The summed E-state index contributed by atoms with van der Waals surface area (Å²) in [6.07, 6.45) is 3.36. The maximum Gasteiger partial charge on any atom is 0.0670 e. The lowest BCUT2D eigenvalue weighted by atomic mass is 10.1. The first-order valence-electron chi connectivity index (χ1n) is 7.52. The molecule has 3 heteroatoms. The predicted octanol–water partition coefficient (Wildman–Crippen LogP) is 2.44. The minimum atomic E-state index is -0.224. The van der Waals surface area contributed by atoms with Crippen molar-refractivity contribution in [3.63, 3.8) is 0 Å². The zero-order valence-corrected chi connectivity index (χ0v) is 12.5.